The van der Waals surface area contributed by atoms with Gasteiger partial charge in [-0.05, 0) is 24.3 Å². The second-order valence-corrected chi connectivity index (χ2v) is 6.85. The summed E-state index contributed by atoms with van der Waals surface area (Å²) in [4.78, 5) is 13.3. The van der Waals surface area contributed by atoms with Gasteiger partial charge in [0.05, 0.1) is 12.2 Å². The van der Waals surface area contributed by atoms with Crippen molar-refractivity contribution in [2.24, 2.45) is 0 Å². The third-order valence-electron chi connectivity index (χ3n) is 4.13. The minimum Gasteiger partial charge on any atom is -0.490 e. The topological polar surface area (TPSA) is 115 Å². The van der Waals surface area contributed by atoms with Crippen LogP contribution in [0.5, 0.6) is 5.75 Å². The van der Waals surface area contributed by atoms with Crippen LogP contribution in [0.1, 0.15) is 29.8 Å². The van der Waals surface area contributed by atoms with Crippen molar-refractivity contribution < 1.29 is 24.9 Å². The average molecular weight is 400 g/mol. The zero-order chi connectivity index (χ0) is 21.2. The molecular formula is C22H28N2O5. The van der Waals surface area contributed by atoms with Gasteiger partial charge in [0.1, 0.15) is 18.5 Å². The number of aromatic carboxylic acids is 1. The Balaban J connectivity index is 0.000000278. The minimum atomic E-state index is -0.879. The van der Waals surface area contributed by atoms with Crippen LogP contribution < -0.4 is 10.1 Å². The SMILES string of the molecule is CC(C)NCC(O)COc1cccc2[nH]cc(CO)c12.O=C(O)c1ccccc1. The fourth-order valence-corrected chi connectivity index (χ4v) is 2.66. The molecule has 0 spiro atoms. The molecule has 1 unspecified atom stereocenters. The van der Waals surface area contributed by atoms with Crippen LogP contribution in [0.4, 0.5) is 0 Å². The average Bonchev–Trinajstić information content (AvgIpc) is 3.15. The van der Waals surface area contributed by atoms with E-state index in [2.05, 4.69) is 10.3 Å². The molecule has 0 saturated carbocycles. The number of carboxylic acid groups (broad SMARTS) is 1. The Hall–Kier alpha value is -2.87. The Morgan fingerprint density at radius 1 is 1.14 bits per heavy atom. The summed E-state index contributed by atoms with van der Waals surface area (Å²) < 4.78 is 5.69. The van der Waals surface area contributed by atoms with E-state index in [9.17, 15) is 15.0 Å². The molecule has 7 heteroatoms. The van der Waals surface area contributed by atoms with Crippen LogP contribution in [0.15, 0.2) is 54.7 Å². The van der Waals surface area contributed by atoms with Gasteiger partial charge >= 0.3 is 5.97 Å². The van der Waals surface area contributed by atoms with Crippen LogP contribution in [-0.4, -0.2) is 51.6 Å². The molecule has 3 rings (SSSR count). The number of aromatic amines is 1. The van der Waals surface area contributed by atoms with Crippen molar-refractivity contribution in [2.45, 2.75) is 32.6 Å². The highest BCUT2D eigenvalue weighted by molar-refractivity contribution is 5.89. The predicted octanol–water partition coefficient (Wildman–Crippen LogP) is 2.78. The van der Waals surface area contributed by atoms with Gasteiger partial charge in [-0.1, -0.05) is 38.1 Å². The third kappa shape index (κ3) is 6.90. The number of H-pyrrole nitrogens is 1. The van der Waals surface area contributed by atoms with Gasteiger partial charge in [0.2, 0.25) is 0 Å². The standard InChI is InChI=1S/C15H22N2O3.C7H6O2/c1-10(2)16-7-12(19)9-20-14-5-3-4-13-15(14)11(8-18)6-17-13;8-7(9)6-4-2-1-3-5-6/h3-6,10,12,16-19H,7-9H2,1-2H3;1-5H,(H,8,9). The van der Waals surface area contributed by atoms with Crippen molar-refractivity contribution in [3.63, 3.8) is 0 Å². The molecule has 0 aliphatic heterocycles. The molecule has 0 amide bonds. The smallest absolute Gasteiger partial charge is 0.335 e. The maximum atomic E-state index is 10.2. The molecular weight excluding hydrogens is 372 g/mol. The predicted molar refractivity (Wildman–Crippen MR) is 112 cm³/mol. The lowest BCUT2D eigenvalue weighted by molar-refractivity contribution is 0.0697. The van der Waals surface area contributed by atoms with Crippen molar-refractivity contribution in [1.29, 1.82) is 0 Å². The lowest BCUT2D eigenvalue weighted by Gasteiger charge is -2.15. The molecule has 0 saturated heterocycles. The summed E-state index contributed by atoms with van der Waals surface area (Å²) in [6, 6.07) is 14.3. The molecule has 2 aromatic carbocycles. The molecule has 0 bridgehead atoms. The van der Waals surface area contributed by atoms with Crippen molar-refractivity contribution >= 4 is 16.9 Å². The first-order chi connectivity index (χ1) is 13.9. The number of aliphatic hydroxyl groups excluding tert-OH is 2. The van der Waals surface area contributed by atoms with Crippen LogP contribution in [0.25, 0.3) is 10.9 Å². The van der Waals surface area contributed by atoms with E-state index in [-0.39, 0.29) is 13.2 Å². The van der Waals surface area contributed by atoms with E-state index in [1.807, 2.05) is 32.0 Å². The molecule has 7 nitrogen and oxygen atoms in total. The van der Waals surface area contributed by atoms with E-state index in [0.29, 0.717) is 23.9 Å². The Morgan fingerprint density at radius 3 is 2.45 bits per heavy atom. The first kappa shape index (κ1) is 22.4. The summed E-state index contributed by atoms with van der Waals surface area (Å²) in [6.07, 6.45) is 1.21. The number of benzene rings is 2. The third-order valence-corrected chi connectivity index (χ3v) is 4.13. The lowest BCUT2D eigenvalue weighted by Crippen LogP contribution is -2.35. The number of nitrogens with one attached hydrogen (secondary N) is 2. The van der Waals surface area contributed by atoms with Gasteiger partial charge in [0, 0.05) is 35.2 Å². The van der Waals surface area contributed by atoms with Crippen LogP contribution in [0.3, 0.4) is 0 Å². The number of aromatic nitrogens is 1. The van der Waals surface area contributed by atoms with Crippen LogP contribution in [0.2, 0.25) is 0 Å². The van der Waals surface area contributed by atoms with Crippen LogP contribution in [-0.2, 0) is 6.61 Å². The first-order valence-electron chi connectivity index (χ1n) is 9.44. The quantitative estimate of drug-likeness (QED) is 0.397. The van der Waals surface area contributed by atoms with E-state index >= 15 is 0 Å². The number of carbonyl (C=O) groups is 1. The highest BCUT2D eigenvalue weighted by Gasteiger charge is 2.11. The van der Waals surface area contributed by atoms with Gasteiger partial charge in [0.25, 0.3) is 0 Å². The maximum Gasteiger partial charge on any atom is 0.335 e. The summed E-state index contributed by atoms with van der Waals surface area (Å²) in [7, 11) is 0. The summed E-state index contributed by atoms with van der Waals surface area (Å²) in [5.74, 6) is -0.202. The Bertz CT molecular complexity index is 893. The fraction of sp³-hybridized carbons (Fsp3) is 0.318. The second-order valence-electron chi connectivity index (χ2n) is 6.85. The van der Waals surface area contributed by atoms with E-state index in [4.69, 9.17) is 9.84 Å². The number of carboxylic acids is 1. The lowest BCUT2D eigenvalue weighted by atomic mass is 10.1. The minimum absolute atomic E-state index is 0.0438. The highest BCUT2D eigenvalue weighted by atomic mass is 16.5. The fourth-order valence-electron chi connectivity index (χ4n) is 2.66. The molecule has 0 fully saturated rings. The highest BCUT2D eigenvalue weighted by Crippen LogP contribution is 2.28. The summed E-state index contributed by atoms with van der Waals surface area (Å²) in [5.41, 5.74) is 2.05. The Labute approximate surface area is 170 Å². The number of aliphatic hydroxyl groups is 2. The molecule has 5 N–H and O–H groups in total. The summed E-state index contributed by atoms with van der Waals surface area (Å²) in [5, 5.41) is 31.6. The molecule has 1 heterocycles. The number of fused-ring (bicyclic) bond motifs is 1. The van der Waals surface area contributed by atoms with Crippen molar-refractivity contribution in [3.8, 4) is 5.75 Å². The number of hydrogen-bond donors (Lipinski definition) is 5. The maximum absolute atomic E-state index is 10.2. The first-order valence-corrected chi connectivity index (χ1v) is 9.44. The monoisotopic (exact) mass is 400 g/mol. The molecule has 0 aliphatic rings. The van der Waals surface area contributed by atoms with E-state index in [1.165, 1.54) is 0 Å². The van der Waals surface area contributed by atoms with Gasteiger partial charge in [-0.15, -0.1) is 0 Å². The normalized spacial score (nSPS) is 11.8. The van der Waals surface area contributed by atoms with Gasteiger partial charge in [0.15, 0.2) is 0 Å². The Kier molecular flexibility index (Phi) is 8.67. The molecule has 0 radical (unpaired) electrons. The number of hydrogen-bond acceptors (Lipinski definition) is 5. The summed E-state index contributed by atoms with van der Waals surface area (Å²) >= 11 is 0. The van der Waals surface area contributed by atoms with Crippen molar-refractivity contribution in [2.75, 3.05) is 13.2 Å². The molecule has 156 valence electrons. The van der Waals surface area contributed by atoms with Gasteiger partial charge in [-0.2, -0.15) is 0 Å². The van der Waals surface area contributed by atoms with Crippen molar-refractivity contribution in [3.05, 3.63) is 65.9 Å². The van der Waals surface area contributed by atoms with E-state index in [0.717, 1.165) is 16.5 Å². The summed E-state index contributed by atoms with van der Waals surface area (Å²) in [6.45, 7) is 4.73. The van der Waals surface area contributed by atoms with Crippen molar-refractivity contribution in [1.82, 2.24) is 10.3 Å². The second kappa shape index (κ2) is 11.2. The number of rotatable bonds is 8. The van der Waals surface area contributed by atoms with E-state index < -0.39 is 12.1 Å². The zero-order valence-corrected chi connectivity index (χ0v) is 16.6. The molecule has 29 heavy (non-hydrogen) atoms. The Morgan fingerprint density at radius 2 is 1.86 bits per heavy atom. The van der Waals surface area contributed by atoms with Gasteiger partial charge < -0.3 is 30.4 Å². The largest absolute Gasteiger partial charge is 0.490 e. The van der Waals surface area contributed by atoms with E-state index in [1.54, 1.807) is 36.5 Å². The molecule has 3 aromatic rings. The zero-order valence-electron chi connectivity index (χ0n) is 16.6. The molecule has 1 atom stereocenters. The van der Waals surface area contributed by atoms with Gasteiger partial charge in [-0.25, -0.2) is 4.79 Å². The number of ether oxygens (including phenoxy) is 1. The van der Waals surface area contributed by atoms with Gasteiger partial charge in [-0.3, -0.25) is 0 Å². The van der Waals surface area contributed by atoms with Crippen LogP contribution in [0, 0.1) is 0 Å². The molecule has 0 aliphatic carbocycles. The van der Waals surface area contributed by atoms with Crippen LogP contribution >= 0.6 is 0 Å². The molecule has 1 aromatic heterocycles.